The van der Waals surface area contributed by atoms with Crippen molar-refractivity contribution in [1.82, 2.24) is 4.90 Å². The maximum Gasteiger partial charge on any atom is 0.337 e. The van der Waals surface area contributed by atoms with Crippen LogP contribution in [0.2, 0.25) is 0 Å². The monoisotopic (exact) mass is 313 g/mol. The van der Waals surface area contributed by atoms with Crippen molar-refractivity contribution in [2.24, 2.45) is 0 Å². The zero-order valence-electron chi connectivity index (χ0n) is 13.2. The molecular formula is C19H20FNO2. The first-order chi connectivity index (χ1) is 11.2. The topological polar surface area (TPSA) is 29.5 Å². The van der Waals surface area contributed by atoms with Crippen LogP contribution in [0.25, 0.3) is 0 Å². The molecule has 0 aromatic heterocycles. The van der Waals surface area contributed by atoms with E-state index in [2.05, 4.69) is 4.90 Å². The molecular weight excluding hydrogens is 293 g/mol. The van der Waals surface area contributed by atoms with Crippen LogP contribution in [-0.4, -0.2) is 24.5 Å². The molecule has 0 unspecified atom stereocenters. The van der Waals surface area contributed by atoms with Crippen molar-refractivity contribution >= 4 is 5.97 Å². The lowest BCUT2D eigenvalue weighted by atomic mass is 10.0. The second-order valence-corrected chi connectivity index (χ2v) is 5.87. The van der Waals surface area contributed by atoms with Crippen LogP contribution in [0, 0.1) is 5.82 Å². The van der Waals surface area contributed by atoms with Crippen LogP contribution in [0.1, 0.15) is 40.4 Å². The highest BCUT2D eigenvalue weighted by atomic mass is 19.1. The average molecular weight is 313 g/mol. The maximum absolute atomic E-state index is 13.1. The van der Waals surface area contributed by atoms with Gasteiger partial charge in [0.2, 0.25) is 0 Å². The van der Waals surface area contributed by atoms with Gasteiger partial charge in [0.05, 0.1) is 12.7 Å². The number of carbonyl (C=O) groups is 1. The Balaban J connectivity index is 1.71. The van der Waals surface area contributed by atoms with Crippen molar-refractivity contribution < 1.29 is 13.9 Å². The fourth-order valence-electron chi connectivity index (χ4n) is 3.18. The van der Waals surface area contributed by atoms with Crippen LogP contribution in [0.3, 0.4) is 0 Å². The minimum absolute atomic E-state index is 0.198. The molecule has 2 aromatic rings. The minimum Gasteiger partial charge on any atom is -0.465 e. The first-order valence-electron chi connectivity index (χ1n) is 7.84. The lowest BCUT2D eigenvalue weighted by Gasteiger charge is -2.25. The smallest absolute Gasteiger partial charge is 0.337 e. The highest BCUT2D eigenvalue weighted by Crippen LogP contribution is 2.33. The van der Waals surface area contributed by atoms with Gasteiger partial charge in [-0.05, 0) is 54.8 Å². The van der Waals surface area contributed by atoms with Gasteiger partial charge in [0.25, 0.3) is 0 Å². The predicted octanol–water partition coefficient (Wildman–Crippen LogP) is 3.95. The molecule has 23 heavy (non-hydrogen) atoms. The molecule has 2 aromatic carbocycles. The highest BCUT2D eigenvalue weighted by molar-refractivity contribution is 5.89. The molecule has 0 bridgehead atoms. The van der Waals surface area contributed by atoms with E-state index in [-0.39, 0.29) is 11.8 Å². The Bertz CT molecular complexity index is 667. The number of rotatable bonds is 4. The summed E-state index contributed by atoms with van der Waals surface area (Å²) in [7, 11) is 1.38. The van der Waals surface area contributed by atoms with Gasteiger partial charge in [-0.15, -0.1) is 0 Å². The Hall–Kier alpha value is -2.20. The van der Waals surface area contributed by atoms with Gasteiger partial charge in [-0.2, -0.15) is 0 Å². The number of halogens is 1. The highest BCUT2D eigenvalue weighted by Gasteiger charge is 2.25. The van der Waals surface area contributed by atoms with E-state index in [1.807, 2.05) is 24.3 Å². The molecule has 0 radical (unpaired) electrons. The number of esters is 1. The van der Waals surface area contributed by atoms with Crippen molar-refractivity contribution in [3.05, 3.63) is 71.0 Å². The van der Waals surface area contributed by atoms with Gasteiger partial charge in [-0.25, -0.2) is 9.18 Å². The molecule has 0 aliphatic carbocycles. The Morgan fingerprint density at radius 3 is 2.52 bits per heavy atom. The predicted molar refractivity (Wildman–Crippen MR) is 86.6 cm³/mol. The third-order valence-electron chi connectivity index (χ3n) is 4.38. The third-order valence-corrected chi connectivity index (χ3v) is 4.38. The van der Waals surface area contributed by atoms with Gasteiger partial charge in [0.15, 0.2) is 0 Å². The number of nitrogens with zero attached hydrogens (tertiary/aromatic N) is 1. The first kappa shape index (κ1) is 15.7. The lowest BCUT2D eigenvalue weighted by molar-refractivity contribution is 0.0600. The molecule has 1 atom stereocenters. The zero-order valence-corrected chi connectivity index (χ0v) is 13.2. The molecule has 1 fully saturated rings. The molecule has 0 N–H and O–H groups in total. The van der Waals surface area contributed by atoms with Crippen molar-refractivity contribution in [2.75, 3.05) is 13.7 Å². The van der Waals surface area contributed by atoms with Crippen LogP contribution >= 0.6 is 0 Å². The molecule has 1 aliphatic heterocycles. The van der Waals surface area contributed by atoms with Gasteiger partial charge in [0.1, 0.15) is 5.82 Å². The SMILES string of the molecule is COC(=O)c1ccc(CN2CCC[C@H]2c2ccc(F)cc2)cc1. The third kappa shape index (κ3) is 3.59. The fraction of sp³-hybridized carbons (Fsp3) is 0.316. The zero-order chi connectivity index (χ0) is 16.2. The molecule has 4 heteroatoms. The Kier molecular flexibility index (Phi) is 4.72. The summed E-state index contributed by atoms with van der Waals surface area (Å²) in [6.07, 6.45) is 2.23. The summed E-state index contributed by atoms with van der Waals surface area (Å²) in [5.41, 5.74) is 2.88. The quantitative estimate of drug-likeness (QED) is 0.801. The lowest BCUT2D eigenvalue weighted by Crippen LogP contribution is -2.22. The van der Waals surface area contributed by atoms with E-state index in [1.54, 1.807) is 12.1 Å². The number of methoxy groups -OCH3 is 1. The van der Waals surface area contributed by atoms with E-state index in [0.29, 0.717) is 11.6 Å². The molecule has 3 nitrogen and oxygen atoms in total. The normalized spacial score (nSPS) is 18.1. The summed E-state index contributed by atoms with van der Waals surface area (Å²) in [6, 6.07) is 14.6. The fourth-order valence-corrected chi connectivity index (χ4v) is 3.18. The van der Waals surface area contributed by atoms with Gasteiger partial charge < -0.3 is 4.74 Å². The molecule has 1 aliphatic rings. The summed E-state index contributed by atoms with van der Waals surface area (Å²) >= 11 is 0. The van der Waals surface area contributed by atoms with E-state index >= 15 is 0 Å². The Morgan fingerprint density at radius 2 is 1.87 bits per heavy atom. The number of hydrogen-bond acceptors (Lipinski definition) is 3. The summed E-state index contributed by atoms with van der Waals surface area (Å²) in [6.45, 7) is 1.85. The number of carbonyl (C=O) groups excluding carboxylic acids is 1. The van der Waals surface area contributed by atoms with Crippen LogP contribution in [0.5, 0.6) is 0 Å². The molecule has 1 saturated heterocycles. The molecule has 0 amide bonds. The van der Waals surface area contributed by atoms with E-state index in [9.17, 15) is 9.18 Å². The van der Waals surface area contributed by atoms with Gasteiger partial charge in [0, 0.05) is 12.6 Å². The Labute approximate surface area is 135 Å². The van der Waals surface area contributed by atoms with Crippen LogP contribution in [0.4, 0.5) is 4.39 Å². The second kappa shape index (κ2) is 6.92. The van der Waals surface area contributed by atoms with E-state index in [0.717, 1.165) is 37.1 Å². The van der Waals surface area contributed by atoms with E-state index in [4.69, 9.17) is 4.74 Å². The second-order valence-electron chi connectivity index (χ2n) is 5.87. The standard InChI is InChI=1S/C19H20FNO2/c1-23-19(22)16-6-4-14(5-7-16)13-21-12-2-3-18(21)15-8-10-17(20)11-9-15/h4-11,18H,2-3,12-13H2,1H3/t18-/m0/s1. The summed E-state index contributed by atoms with van der Waals surface area (Å²) in [4.78, 5) is 13.9. The number of hydrogen-bond donors (Lipinski definition) is 0. The number of ether oxygens (including phenoxy) is 1. The number of benzene rings is 2. The largest absolute Gasteiger partial charge is 0.465 e. The molecule has 120 valence electrons. The summed E-state index contributed by atoms with van der Waals surface area (Å²) < 4.78 is 17.8. The van der Waals surface area contributed by atoms with Crippen LogP contribution < -0.4 is 0 Å². The van der Waals surface area contributed by atoms with E-state index < -0.39 is 0 Å². The minimum atomic E-state index is -0.318. The molecule has 3 rings (SSSR count). The van der Waals surface area contributed by atoms with Gasteiger partial charge in [-0.1, -0.05) is 24.3 Å². The van der Waals surface area contributed by atoms with Crippen molar-refractivity contribution in [3.63, 3.8) is 0 Å². The van der Waals surface area contributed by atoms with Gasteiger partial charge >= 0.3 is 5.97 Å². The average Bonchev–Trinajstić information content (AvgIpc) is 3.03. The molecule has 0 spiro atoms. The summed E-state index contributed by atoms with van der Waals surface area (Å²) in [5, 5.41) is 0. The van der Waals surface area contributed by atoms with Crippen LogP contribution in [-0.2, 0) is 11.3 Å². The first-order valence-corrected chi connectivity index (χ1v) is 7.84. The summed E-state index contributed by atoms with van der Waals surface area (Å²) in [5.74, 6) is -0.515. The maximum atomic E-state index is 13.1. The Morgan fingerprint density at radius 1 is 1.17 bits per heavy atom. The van der Waals surface area contributed by atoms with Crippen LogP contribution in [0.15, 0.2) is 48.5 Å². The van der Waals surface area contributed by atoms with E-state index in [1.165, 1.54) is 19.2 Å². The van der Waals surface area contributed by atoms with Crippen molar-refractivity contribution in [1.29, 1.82) is 0 Å². The van der Waals surface area contributed by atoms with Gasteiger partial charge in [-0.3, -0.25) is 4.90 Å². The van der Waals surface area contributed by atoms with Crippen molar-refractivity contribution in [3.8, 4) is 0 Å². The number of likely N-dealkylation sites (tertiary alicyclic amines) is 1. The van der Waals surface area contributed by atoms with Crippen molar-refractivity contribution in [2.45, 2.75) is 25.4 Å². The molecule has 0 saturated carbocycles. The molecule has 1 heterocycles.